The molecule has 0 aromatic heterocycles. The van der Waals surface area contributed by atoms with Crippen LogP contribution in [0.25, 0.3) is 0 Å². The van der Waals surface area contributed by atoms with Crippen LogP contribution in [0.1, 0.15) is 26.2 Å². The minimum absolute atomic E-state index is 0.267. The van der Waals surface area contributed by atoms with Gasteiger partial charge in [0.05, 0.1) is 12.7 Å². The first-order valence-electron chi connectivity index (χ1n) is 6.86. The molecule has 0 bridgehead atoms. The molecule has 0 heterocycles. The molecule has 1 aliphatic rings. The van der Waals surface area contributed by atoms with Gasteiger partial charge in [-0.1, -0.05) is 6.92 Å². The fraction of sp³-hybridized carbons (Fsp3) is 1.00. The standard InChI is InChI=1S/C13H28N2O2/c1-3-7-15(10-12-4-5-12)11-13(16)9-14-6-8-17-2/h12-14,16H,3-11H2,1-2H3. The van der Waals surface area contributed by atoms with E-state index in [2.05, 4.69) is 17.1 Å². The molecule has 0 aliphatic heterocycles. The van der Waals surface area contributed by atoms with Gasteiger partial charge in [-0.3, -0.25) is 0 Å². The average Bonchev–Trinajstić information content (AvgIpc) is 3.08. The first kappa shape index (κ1) is 14.9. The maximum absolute atomic E-state index is 9.93. The molecule has 0 aromatic rings. The van der Waals surface area contributed by atoms with E-state index >= 15 is 0 Å². The molecule has 102 valence electrons. The monoisotopic (exact) mass is 244 g/mol. The molecule has 0 amide bonds. The van der Waals surface area contributed by atoms with Crippen LogP contribution in [0.2, 0.25) is 0 Å². The highest BCUT2D eigenvalue weighted by Gasteiger charge is 2.24. The molecule has 2 N–H and O–H groups in total. The molecule has 4 nitrogen and oxygen atoms in total. The highest BCUT2D eigenvalue weighted by molar-refractivity contribution is 4.78. The number of rotatable bonds is 11. The Morgan fingerprint density at radius 1 is 1.47 bits per heavy atom. The van der Waals surface area contributed by atoms with E-state index in [0.717, 1.165) is 32.0 Å². The maximum atomic E-state index is 9.93. The lowest BCUT2D eigenvalue weighted by Gasteiger charge is -2.24. The summed E-state index contributed by atoms with van der Waals surface area (Å²) in [6, 6.07) is 0. The van der Waals surface area contributed by atoms with E-state index in [1.165, 1.54) is 19.4 Å². The Morgan fingerprint density at radius 3 is 2.82 bits per heavy atom. The van der Waals surface area contributed by atoms with Crippen molar-refractivity contribution in [2.24, 2.45) is 5.92 Å². The van der Waals surface area contributed by atoms with E-state index < -0.39 is 0 Å². The summed E-state index contributed by atoms with van der Waals surface area (Å²) in [5, 5.41) is 13.1. The lowest BCUT2D eigenvalue weighted by Crippen LogP contribution is -2.40. The summed E-state index contributed by atoms with van der Waals surface area (Å²) in [5.41, 5.74) is 0. The van der Waals surface area contributed by atoms with Crippen LogP contribution in [0.4, 0.5) is 0 Å². The molecule has 1 fully saturated rings. The van der Waals surface area contributed by atoms with Crippen molar-refractivity contribution in [2.45, 2.75) is 32.3 Å². The van der Waals surface area contributed by atoms with E-state index in [4.69, 9.17) is 4.74 Å². The molecular formula is C13H28N2O2. The van der Waals surface area contributed by atoms with Crippen LogP contribution >= 0.6 is 0 Å². The number of hydrogen-bond donors (Lipinski definition) is 2. The van der Waals surface area contributed by atoms with Crippen molar-refractivity contribution < 1.29 is 9.84 Å². The van der Waals surface area contributed by atoms with Gasteiger partial charge < -0.3 is 20.1 Å². The Hall–Kier alpha value is -0.160. The second kappa shape index (κ2) is 8.86. The van der Waals surface area contributed by atoms with Crippen LogP contribution in [-0.4, -0.2) is 62.6 Å². The van der Waals surface area contributed by atoms with Crippen LogP contribution in [0, 0.1) is 5.92 Å². The van der Waals surface area contributed by atoms with Crippen molar-refractivity contribution in [1.82, 2.24) is 10.2 Å². The van der Waals surface area contributed by atoms with Crippen molar-refractivity contribution in [3.63, 3.8) is 0 Å². The molecule has 1 aliphatic carbocycles. The van der Waals surface area contributed by atoms with Gasteiger partial charge in [-0.25, -0.2) is 0 Å². The lowest BCUT2D eigenvalue weighted by atomic mass is 10.2. The Labute approximate surface area is 105 Å². The number of nitrogens with zero attached hydrogens (tertiary/aromatic N) is 1. The third-order valence-corrected chi connectivity index (χ3v) is 3.09. The van der Waals surface area contributed by atoms with E-state index in [1.807, 2.05) is 0 Å². The van der Waals surface area contributed by atoms with Crippen molar-refractivity contribution in [3.05, 3.63) is 0 Å². The summed E-state index contributed by atoms with van der Waals surface area (Å²) in [7, 11) is 1.69. The minimum Gasteiger partial charge on any atom is -0.390 e. The summed E-state index contributed by atoms with van der Waals surface area (Å²) in [4.78, 5) is 2.40. The van der Waals surface area contributed by atoms with Crippen LogP contribution < -0.4 is 5.32 Å². The van der Waals surface area contributed by atoms with Gasteiger partial charge >= 0.3 is 0 Å². The topological polar surface area (TPSA) is 44.7 Å². The minimum atomic E-state index is -0.267. The van der Waals surface area contributed by atoms with Gasteiger partial charge in [-0.2, -0.15) is 0 Å². The molecular weight excluding hydrogens is 216 g/mol. The van der Waals surface area contributed by atoms with Crippen LogP contribution in [0.5, 0.6) is 0 Å². The van der Waals surface area contributed by atoms with E-state index in [9.17, 15) is 5.11 Å². The first-order valence-corrected chi connectivity index (χ1v) is 6.86. The molecule has 0 spiro atoms. The zero-order valence-corrected chi connectivity index (χ0v) is 11.3. The largest absolute Gasteiger partial charge is 0.390 e. The van der Waals surface area contributed by atoms with E-state index in [1.54, 1.807) is 7.11 Å². The summed E-state index contributed by atoms with van der Waals surface area (Å²) in [6.07, 6.45) is 3.65. The second-order valence-corrected chi connectivity index (χ2v) is 5.05. The molecule has 1 rings (SSSR count). The Balaban J connectivity index is 2.08. The van der Waals surface area contributed by atoms with Crippen molar-refractivity contribution in [2.75, 3.05) is 46.4 Å². The predicted octanol–water partition coefficient (Wildman–Crippen LogP) is 0.705. The third kappa shape index (κ3) is 7.71. The number of nitrogens with one attached hydrogen (secondary N) is 1. The van der Waals surface area contributed by atoms with Gasteiger partial charge in [0.15, 0.2) is 0 Å². The van der Waals surface area contributed by atoms with Gasteiger partial charge in [0, 0.05) is 33.3 Å². The molecule has 0 aromatic carbocycles. The highest BCUT2D eigenvalue weighted by Crippen LogP contribution is 2.29. The van der Waals surface area contributed by atoms with Gasteiger partial charge in [0.2, 0.25) is 0 Å². The maximum Gasteiger partial charge on any atom is 0.0791 e. The highest BCUT2D eigenvalue weighted by atomic mass is 16.5. The molecule has 1 unspecified atom stereocenters. The van der Waals surface area contributed by atoms with Crippen LogP contribution in [-0.2, 0) is 4.74 Å². The summed E-state index contributed by atoms with van der Waals surface area (Å²) < 4.78 is 4.95. The smallest absolute Gasteiger partial charge is 0.0791 e. The van der Waals surface area contributed by atoms with Gasteiger partial charge in [0.25, 0.3) is 0 Å². The molecule has 0 radical (unpaired) electrons. The zero-order valence-electron chi connectivity index (χ0n) is 11.3. The fourth-order valence-corrected chi connectivity index (χ4v) is 2.04. The predicted molar refractivity (Wildman–Crippen MR) is 70.2 cm³/mol. The molecule has 0 saturated heterocycles. The van der Waals surface area contributed by atoms with Gasteiger partial charge in [0.1, 0.15) is 0 Å². The van der Waals surface area contributed by atoms with Crippen LogP contribution in [0.15, 0.2) is 0 Å². The molecule has 1 atom stereocenters. The van der Waals surface area contributed by atoms with Crippen molar-refractivity contribution in [3.8, 4) is 0 Å². The van der Waals surface area contributed by atoms with Gasteiger partial charge in [-0.15, -0.1) is 0 Å². The van der Waals surface area contributed by atoms with Crippen molar-refractivity contribution >= 4 is 0 Å². The van der Waals surface area contributed by atoms with E-state index in [-0.39, 0.29) is 6.10 Å². The molecule has 4 heteroatoms. The molecule has 1 saturated carbocycles. The summed E-state index contributed by atoms with van der Waals surface area (Å²) in [5.74, 6) is 0.898. The average molecular weight is 244 g/mol. The quantitative estimate of drug-likeness (QED) is 0.525. The third-order valence-electron chi connectivity index (χ3n) is 3.09. The number of methoxy groups -OCH3 is 1. The SMILES string of the molecule is CCCN(CC(O)CNCCOC)CC1CC1. The Morgan fingerprint density at radius 2 is 2.24 bits per heavy atom. The first-order chi connectivity index (χ1) is 8.26. The fourth-order valence-electron chi connectivity index (χ4n) is 2.04. The number of aliphatic hydroxyl groups is 1. The normalized spacial score (nSPS) is 17.6. The number of hydrogen-bond acceptors (Lipinski definition) is 4. The number of aliphatic hydroxyl groups excluding tert-OH is 1. The second-order valence-electron chi connectivity index (χ2n) is 5.05. The Bertz CT molecular complexity index is 186. The summed E-state index contributed by atoms with van der Waals surface area (Å²) in [6.45, 7) is 7.44. The lowest BCUT2D eigenvalue weighted by molar-refractivity contribution is 0.106. The molecule has 17 heavy (non-hydrogen) atoms. The zero-order chi connectivity index (χ0) is 12.5. The van der Waals surface area contributed by atoms with E-state index in [0.29, 0.717) is 13.2 Å². The van der Waals surface area contributed by atoms with Crippen molar-refractivity contribution in [1.29, 1.82) is 0 Å². The Kier molecular flexibility index (Phi) is 7.77. The summed E-state index contributed by atoms with van der Waals surface area (Å²) >= 11 is 0. The number of ether oxygens (including phenoxy) is 1. The van der Waals surface area contributed by atoms with Gasteiger partial charge in [-0.05, 0) is 31.7 Å². The van der Waals surface area contributed by atoms with Crippen LogP contribution in [0.3, 0.4) is 0 Å².